The van der Waals surface area contributed by atoms with Crippen molar-refractivity contribution in [2.45, 2.75) is 13.5 Å². The van der Waals surface area contributed by atoms with Crippen molar-refractivity contribution in [1.82, 2.24) is 9.97 Å². The molecule has 0 aliphatic heterocycles. The Bertz CT molecular complexity index is 527. The normalized spacial score (nSPS) is 10.3. The lowest BCUT2D eigenvalue weighted by molar-refractivity contribution is 0.326. The molecular formula is C14H18N4O. The zero-order chi connectivity index (χ0) is 13.7. The maximum Gasteiger partial charge on any atom is 0.232 e. The molecular weight excluding hydrogens is 240 g/mol. The van der Waals surface area contributed by atoms with Gasteiger partial charge in [-0.1, -0.05) is 12.1 Å². The monoisotopic (exact) mass is 258 g/mol. The molecule has 0 bridgehead atoms. The third kappa shape index (κ3) is 3.20. The topological polar surface area (TPSA) is 64.3 Å². The first-order valence-electron chi connectivity index (χ1n) is 6.23. The van der Waals surface area contributed by atoms with Crippen molar-refractivity contribution in [1.29, 1.82) is 0 Å². The highest BCUT2D eigenvalue weighted by atomic mass is 16.5. The van der Waals surface area contributed by atoms with Gasteiger partial charge in [-0.3, -0.25) is 0 Å². The molecule has 1 aromatic heterocycles. The fourth-order valence-electron chi connectivity index (χ4n) is 1.69. The van der Waals surface area contributed by atoms with Crippen LogP contribution in [0, 0.1) is 0 Å². The molecule has 5 nitrogen and oxygen atoms in total. The van der Waals surface area contributed by atoms with Gasteiger partial charge < -0.3 is 15.4 Å². The molecule has 0 amide bonds. The summed E-state index contributed by atoms with van der Waals surface area (Å²) in [5, 5.41) is 0. The van der Waals surface area contributed by atoms with Crippen LogP contribution in [0.1, 0.15) is 12.5 Å². The maximum atomic E-state index is 5.59. The van der Waals surface area contributed by atoms with Crippen molar-refractivity contribution in [2.75, 3.05) is 18.6 Å². The zero-order valence-corrected chi connectivity index (χ0v) is 11.2. The Balaban J connectivity index is 2.22. The molecule has 0 aliphatic rings. The van der Waals surface area contributed by atoms with Crippen LogP contribution in [-0.2, 0) is 6.54 Å². The molecule has 0 saturated carbocycles. The molecule has 100 valence electrons. The van der Waals surface area contributed by atoms with E-state index in [0.29, 0.717) is 25.0 Å². The number of nitrogens with two attached hydrogens (primary N) is 1. The van der Waals surface area contributed by atoms with E-state index in [0.717, 1.165) is 11.3 Å². The van der Waals surface area contributed by atoms with E-state index in [4.69, 9.17) is 10.5 Å². The molecule has 1 aromatic carbocycles. The number of hydrogen-bond donors (Lipinski definition) is 1. The summed E-state index contributed by atoms with van der Waals surface area (Å²) in [5.41, 5.74) is 7.69. The minimum absolute atomic E-state index is 0.542. The van der Waals surface area contributed by atoms with Gasteiger partial charge in [0.2, 0.25) is 11.8 Å². The first-order chi connectivity index (χ1) is 9.24. The molecule has 2 rings (SSSR count). The Labute approximate surface area is 113 Å². The number of rotatable bonds is 5. The van der Waals surface area contributed by atoms with E-state index < -0.39 is 0 Å². The lowest BCUT2D eigenvalue weighted by Gasteiger charge is -2.17. The Morgan fingerprint density at radius 3 is 2.58 bits per heavy atom. The van der Waals surface area contributed by atoms with Gasteiger partial charge in [0.15, 0.2) is 0 Å². The minimum Gasteiger partial charge on any atom is -0.478 e. The summed E-state index contributed by atoms with van der Waals surface area (Å²) in [7, 11) is 1.92. The number of aromatic nitrogens is 2. The lowest BCUT2D eigenvalue weighted by atomic mass is 10.2. The van der Waals surface area contributed by atoms with Crippen LogP contribution in [0.25, 0.3) is 0 Å². The largest absolute Gasteiger partial charge is 0.478 e. The minimum atomic E-state index is 0.542. The van der Waals surface area contributed by atoms with Gasteiger partial charge >= 0.3 is 0 Å². The van der Waals surface area contributed by atoms with Crippen molar-refractivity contribution < 1.29 is 4.74 Å². The van der Waals surface area contributed by atoms with Crippen molar-refractivity contribution in [3.8, 4) is 5.88 Å². The van der Waals surface area contributed by atoms with E-state index in [2.05, 4.69) is 9.97 Å². The Hall–Kier alpha value is -2.14. The number of anilines is 2. The molecule has 0 fully saturated rings. The number of ether oxygens (including phenoxy) is 1. The van der Waals surface area contributed by atoms with E-state index >= 15 is 0 Å². The average molecular weight is 258 g/mol. The highest BCUT2D eigenvalue weighted by Crippen LogP contribution is 2.21. The first-order valence-corrected chi connectivity index (χ1v) is 6.23. The number of benzene rings is 1. The van der Waals surface area contributed by atoms with Crippen LogP contribution in [-0.4, -0.2) is 23.6 Å². The number of nitrogens with zero attached hydrogens (tertiary/aromatic N) is 3. The lowest BCUT2D eigenvalue weighted by Crippen LogP contribution is -2.13. The van der Waals surface area contributed by atoms with Crippen molar-refractivity contribution >= 4 is 11.6 Å². The fraction of sp³-hybridized carbons (Fsp3) is 0.286. The van der Waals surface area contributed by atoms with Gasteiger partial charge in [0.25, 0.3) is 0 Å². The predicted molar refractivity (Wildman–Crippen MR) is 75.6 cm³/mol. The summed E-state index contributed by atoms with van der Waals surface area (Å²) >= 11 is 0. The highest BCUT2D eigenvalue weighted by molar-refractivity contribution is 5.56. The molecule has 0 radical (unpaired) electrons. The summed E-state index contributed by atoms with van der Waals surface area (Å²) in [4.78, 5) is 10.5. The molecule has 19 heavy (non-hydrogen) atoms. The van der Waals surface area contributed by atoms with Crippen LogP contribution in [0.3, 0.4) is 0 Å². The van der Waals surface area contributed by atoms with Crippen molar-refractivity contribution in [3.05, 3.63) is 42.1 Å². The Kier molecular flexibility index (Phi) is 4.30. The molecule has 2 N–H and O–H groups in total. The third-order valence-corrected chi connectivity index (χ3v) is 2.77. The molecule has 0 saturated heterocycles. The van der Waals surface area contributed by atoms with Gasteiger partial charge in [0.1, 0.15) is 0 Å². The quantitative estimate of drug-likeness (QED) is 0.889. The standard InChI is InChI=1S/C14H18N4O/c1-3-19-13-8-9-16-14(17-13)18(2)12-6-4-11(10-15)5-7-12/h4-9H,3,10,15H2,1-2H3. The second-order valence-electron chi connectivity index (χ2n) is 4.06. The van der Waals surface area contributed by atoms with Gasteiger partial charge in [0, 0.05) is 31.5 Å². The number of hydrogen-bond acceptors (Lipinski definition) is 5. The van der Waals surface area contributed by atoms with Gasteiger partial charge in [-0.25, -0.2) is 4.98 Å². The average Bonchev–Trinajstić information content (AvgIpc) is 2.47. The van der Waals surface area contributed by atoms with Crippen LogP contribution in [0.5, 0.6) is 5.88 Å². The van der Waals surface area contributed by atoms with Crippen LogP contribution in [0.2, 0.25) is 0 Å². The molecule has 2 aromatic rings. The van der Waals surface area contributed by atoms with Gasteiger partial charge in [0.05, 0.1) is 6.61 Å². The van der Waals surface area contributed by atoms with Crippen molar-refractivity contribution in [2.24, 2.45) is 5.73 Å². The second kappa shape index (κ2) is 6.15. The predicted octanol–water partition coefficient (Wildman–Crippen LogP) is 2.10. The first kappa shape index (κ1) is 13.3. The second-order valence-corrected chi connectivity index (χ2v) is 4.06. The van der Waals surface area contributed by atoms with Crippen LogP contribution in [0.4, 0.5) is 11.6 Å². The molecule has 5 heteroatoms. The molecule has 0 atom stereocenters. The third-order valence-electron chi connectivity index (χ3n) is 2.77. The summed E-state index contributed by atoms with van der Waals surface area (Å²) in [6.07, 6.45) is 1.69. The summed E-state index contributed by atoms with van der Waals surface area (Å²) in [6.45, 7) is 3.06. The van der Waals surface area contributed by atoms with E-state index in [1.54, 1.807) is 12.3 Å². The van der Waals surface area contributed by atoms with E-state index in [1.165, 1.54) is 0 Å². The van der Waals surface area contributed by atoms with Gasteiger partial charge in [-0.15, -0.1) is 0 Å². The van der Waals surface area contributed by atoms with Gasteiger partial charge in [-0.05, 0) is 24.6 Å². The van der Waals surface area contributed by atoms with E-state index in [1.807, 2.05) is 43.1 Å². The highest BCUT2D eigenvalue weighted by Gasteiger charge is 2.08. The van der Waals surface area contributed by atoms with Crippen LogP contribution >= 0.6 is 0 Å². The van der Waals surface area contributed by atoms with Crippen LogP contribution < -0.4 is 15.4 Å². The maximum absolute atomic E-state index is 5.59. The van der Waals surface area contributed by atoms with Gasteiger partial charge in [-0.2, -0.15) is 4.98 Å². The van der Waals surface area contributed by atoms with Crippen LogP contribution in [0.15, 0.2) is 36.5 Å². The smallest absolute Gasteiger partial charge is 0.232 e. The Morgan fingerprint density at radius 2 is 1.95 bits per heavy atom. The summed E-state index contributed by atoms with van der Waals surface area (Å²) < 4.78 is 5.37. The Morgan fingerprint density at radius 1 is 1.21 bits per heavy atom. The zero-order valence-electron chi connectivity index (χ0n) is 11.2. The molecule has 1 heterocycles. The fourth-order valence-corrected chi connectivity index (χ4v) is 1.69. The van der Waals surface area contributed by atoms with E-state index in [-0.39, 0.29) is 0 Å². The SMILES string of the molecule is CCOc1ccnc(N(C)c2ccc(CN)cc2)n1. The molecule has 0 unspecified atom stereocenters. The molecule has 0 aliphatic carbocycles. The van der Waals surface area contributed by atoms with E-state index in [9.17, 15) is 0 Å². The summed E-state index contributed by atoms with van der Waals surface area (Å²) in [6, 6.07) is 9.74. The summed E-state index contributed by atoms with van der Waals surface area (Å²) in [5.74, 6) is 1.18. The molecule has 0 spiro atoms. The van der Waals surface area contributed by atoms with Crippen molar-refractivity contribution in [3.63, 3.8) is 0 Å².